The van der Waals surface area contributed by atoms with E-state index in [1.165, 1.54) is 0 Å². The molecule has 14 heavy (non-hydrogen) atoms. The lowest BCUT2D eigenvalue weighted by atomic mass is 10.1. The molecule has 0 amide bonds. The van der Waals surface area contributed by atoms with E-state index < -0.39 is 18.0 Å². The molecule has 8 heteroatoms. The topological polar surface area (TPSA) is 119 Å². The molecule has 1 atom stereocenters. The van der Waals surface area contributed by atoms with Gasteiger partial charge in [-0.2, -0.15) is 0 Å². The van der Waals surface area contributed by atoms with Crippen LogP contribution in [0.25, 0.3) is 0 Å². The lowest BCUT2D eigenvalue weighted by molar-refractivity contribution is -0.140. The van der Waals surface area contributed by atoms with Crippen LogP contribution >= 0.6 is 12.2 Å². The van der Waals surface area contributed by atoms with Gasteiger partial charge in [-0.3, -0.25) is 10.0 Å². The van der Waals surface area contributed by atoms with Gasteiger partial charge in [-0.1, -0.05) is 0 Å². The first-order valence-electron chi connectivity index (χ1n) is 3.62. The van der Waals surface area contributed by atoms with Gasteiger partial charge in [0, 0.05) is 6.42 Å². The maximum atomic E-state index is 10.5. The van der Waals surface area contributed by atoms with Gasteiger partial charge < -0.3 is 15.5 Å². The van der Waals surface area contributed by atoms with Gasteiger partial charge in [0.1, 0.15) is 6.04 Å². The molecule has 0 fully saturated rings. The number of hydrogen-bond acceptors (Lipinski definition) is 4. The number of carboxylic acids is 2. The van der Waals surface area contributed by atoms with Crippen LogP contribution < -0.4 is 10.8 Å². The normalized spacial score (nSPS) is 11.5. The molecule has 0 bridgehead atoms. The molecule has 7 nitrogen and oxygen atoms in total. The van der Waals surface area contributed by atoms with Crippen LogP contribution in [0.5, 0.6) is 0 Å². The van der Waals surface area contributed by atoms with Crippen molar-refractivity contribution in [1.82, 2.24) is 10.8 Å². The zero-order valence-electron chi connectivity index (χ0n) is 7.06. The van der Waals surface area contributed by atoms with E-state index in [1.807, 2.05) is 0 Å². The van der Waals surface area contributed by atoms with Crippen molar-refractivity contribution in [1.29, 1.82) is 0 Å². The minimum atomic E-state index is -1.23. The van der Waals surface area contributed by atoms with Crippen LogP contribution in [0.2, 0.25) is 0 Å². The van der Waals surface area contributed by atoms with Crippen molar-refractivity contribution in [2.24, 2.45) is 0 Å². The van der Waals surface area contributed by atoms with E-state index in [0.29, 0.717) is 0 Å². The molecule has 5 N–H and O–H groups in total. The number of rotatable bonds is 5. The first-order chi connectivity index (χ1) is 6.47. The quantitative estimate of drug-likeness (QED) is 0.302. The summed E-state index contributed by atoms with van der Waals surface area (Å²) in [5.41, 5.74) is 1.55. The van der Waals surface area contributed by atoms with E-state index in [1.54, 1.807) is 5.48 Å². The minimum Gasteiger partial charge on any atom is -0.481 e. The third kappa shape index (κ3) is 5.27. The van der Waals surface area contributed by atoms with Crippen molar-refractivity contribution in [3.63, 3.8) is 0 Å². The van der Waals surface area contributed by atoms with Crippen molar-refractivity contribution >= 4 is 29.3 Å². The summed E-state index contributed by atoms with van der Waals surface area (Å²) in [5.74, 6) is -2.33. The van der Waals surface area contributed by atoms with E-state index >= 15 is 0 Å². The van der Waals surface area contributed by atoms with E-state index in [4.69, 9.17) is 15.4 Å². The fourth-order valence-corrected chi connectivity index (χ4v) is 0.858. The highest BCUT2D eigenvalue weighted by Gasteiger charge is 2.18. The standard InChI is InChI=1S/C6H10N2O5S/c9-4(10)2-1-3(5(11)12)7-6(14)8-13/h3,13H,1-2H2,(H,9,10)(H,11,12)(H2,7,8,14). The van der Waals surface area contributed by atoms with Crippen molar-refractivity contribution < 1.29 is 25.0 Å². The Labute approximate surface area is 84.7 Å². The van der Waals surface area contributed by atoms with Crippen molar-refractivity contribution in [3.8, 4) is 0 Å². The van der Waals surface area contributed by atoms with Gasteiger partial charge in [0.05, 0.1) is 0 Å². The second-order valence-corrected chi connectivity index (χ2v) is 2.82. The molecule has 0 aromatic heterocycles. The van der Waals surface area contributed by atoms with Gasteiger partial charge in [0.2, 0.25) is 0 Å². The van der Waals surface area contributed by atoms with Gasteiger partial charge in [-0.25, -0.2) is 10.3 Å². The summed E-state index contributed by atoms with van der Waals surface area (Å²) in [7, 11) is 0. The lowest BCUT2D eigenvalue weighted by Crippen LogP contribution is -2.45. The molecule has 0 radical (unpaired) electrons. The van der Waals surface area contributed by atoms with Gasteiger partial charge in [-0.05, 0) is 18.6 Å². The van der Waals surface area contributed by atoms with E-state index in [2.05, 4.69) is 17.5 Å². The van der Waals surface area contributed by atoms with Gasteiger partial charge in [-0.15, -0.1) is 0 Å². The zero-order valence-corrected chi connectivity index (χ0v) is 7.87. The summed E-state index contributed by atoms with van der Waals surface area (Å²) in [6.07, 6.45) is -0.412. The number of carboxylic acid groups (broad SMARTS) is 2. The fourth-order valence-electron chi connectivity index (χ4n) is 0.716. The summed E-state index contributed by atoms with van der Waals surface area (Å²) in [6.45, 7) is 0. The molecule has 0 rings (SSSR count). The number of hydrogen-bond donors (Lipinski definition) is 5. The highest BCUT2D eigenvalue weighted by atomic mass is 32.1. The fraction of sp³-hybridized carbons (Fsp3) is 0.500. The number of carbonyl (C=O) groups is 2. The molecule has 0 aromatic rings. The van der Waals surface area contributed by atoms with Crippen LogP contribution in [-0.2, 0) is 9.59 Å². The number of aliphatic carboxylic acids is 2. The van der Waals surface area contributed by atoms with Crippen molar-refractivity contribution in [2.45, 2.75) is 18.9 Å². The number of hydroxylamine groups is 1. The van der Waals surface area contributed by atoms with Crippen LogP contribution in [0, 0.1) is 0 Å². The van der Waals surface area contributed by atoms with Crippen molar-refractivity contribution in [3.05, 3.63) is 0 Å². The Kier molecular flexibility index (Phi) is 5.49. The van der Waals surface area contributed by atoms with E-state index in [0.717, 1.165) is 0 Å². The number of thiocarbonyl (C=S) groups is 1. The lowest BCUT2D eigenvalue weighted by Gasteiger charge is -2.13. The zero-order chi connectivity index (χ0) is 11.1. The molecule has 0 aromatic carbocycles. The van der Waals surface area contributed by atoms with Crippen LogP contribution in [0.4, 0.5) is 0 Å². The molecule has 80 valence electrons. The van der Waals surface area contributed by atoms with Gasteiger partial charge in [0.25, 0.3) is 0 Å². The summed E-state index contributed by atoms with van der Waals surface area (Å²) >= 11 is 4.45. The average molecular weight is 222 g/mol. The summed E-state index contributed by atoms with van der Waals surface area (Å²) in [6, 6.07) is -1.13. The van der Waals surface area contributed by atoms with Crippen LogP contribution in [0.1, 0.15) is 12.8 Å². The molecular formula is C6H10N2O5S. The van der Waals surface area contributed by atoms with Crippen LogP contribution in [0.15, 0.2) is 0 Å². The molecule has 0 aliphatic rings. The number of nitrogens with one attached hydrogen (secondary N) is 2. The van der Waals surface area contributed by atoms with Crippen molar-refractivity contribution in [2.75, 3.05) is 0 Å². The second kappa shape index (κ2) is 6.11. The SMILES string of the molecule is O=C(O)CCC(NC(=S)NO)C(=O)O. The Hall–Kier alpha value is -1.41. The monoisotopic (exact) mass is 222 g/mol. The summed E-state index contributed by atoms with van der Waals surface area (Å²) in [5, 5.41) is 27.2. The smallest absolute Gasteiger partial charge is 0.326 e. The first kappa shape index (κ1) is 12.6. The third-order valence-electron chi connectivity index (χ3n) is 1.35. The first-order valence-corrected chi connectivity index (χ1v) is 4.03. The average Bonchev–Trinajstić information content (AvgIpc) is 2.10. The third-order valence-corrected chi connectivity index (χ3v) is 1.56. The van der Waals surface area contributed by atoms with Crippen LogP contribution in [0.3, 0.4) is 0 Å². The summed E-state index contributed by atoms with van der Waals surface area (Å²) < 4.78 is 0. The molecule has 1 unspecified atom stereocenters. The molecule has 0 aliphatic carbocycles. The maximum Gasteiger partial charge on any atom is 0.326 e. The second-order valence-electron chi connectivity index (χ2n) is 2.41. The molecule has 0 saturated heterocycles. The highest BCUT2D eigenvalue weighted by molar-refractivity contribution is 7.80. The Morgan fingerprint density at radius 1 is 1.36 bits per heavy atom. The Morgan fingerprint density at radius 3 is 2.29 bits per heavy atom. The Balaban J connectivity index is 4.09. The highest BCUT2D eigenvalue weighted by Crippen LogP contribution is 1.97. The molecule has 0 aliphatic heterocycles. The predicted octanol–water partition coefficient (Wildman–Crippen LogP) is -0.842. The Bertz CT molecular complexity index is 244. The predicted molar refractivity (Wildman–Crippen MR) is 48.9 cm³/mol. The van der Waals surface area contributed by atoms with E-state index in [-0.39, 0.29) is 18.0 Å². The Morgan fingerprint density at radius 2 is 1.93 bits per heavy atom. The molecule has 0 spiro atoms. The molecule has 0 saturated carbocycles. The molecular weight excluding hydrogens is 212 g/mol. The minimum absolute atomic E-state index is 0.119. The van der Waals surface area contributed by atoms with Gasteiger partial charge in [0.15, 0.2) is 5.11 Å². The largest absolute Gasteiger partial charge is 0.481 e. The van der Waals surface area contributed by atoms with Crippen LogP contribution in [-0.4, -0.2) is 38.5 Å². The van der Waals surface area contributed by atoms with Gasteiger partial charge >= 0.3 is 11.9 Å². The maximum absolute atomic E-state index is 10.5. The van der Waals surface area contributed by atoms with E-state index in [9.17, 15) is 9.59 Å². The summed E-state index contributed by atoms with van der Waals surface area (Å²) in [4.78, 5) is 20.7. The molecule has 0 heterocycles.